The lowest BCUT2D eigenvalue weighted by Crippen LogP contribution is -2.50. The van der Waals surface area contributed by atoms with Crippen LogP contribution < -0.4 is 0 Å². The van der Waals surface area contributed by atoms with Crippen LogP contribution in [0.2, 0.25) is 5.02 Å². The number of halogens is 1. The number of nitro benzene ring substituents is 1. The lowest BCUT2D eigenvalue weighted by atomic mass is 9.81. The first-order valence-corrected chi connectivity index (χ1v) is 10.9. The largest absolute Gasteiger partial charge is 0.282 e. The quantitative estimate of drug-likeness (QED) is 0.389. The lowest BCUT2D eigenvalue weighted by Gasteiger charge is -2.31. The number of hydrazine groups is 1. The highest BCUT2D eigenvalue weighted by Gasteiger charge is 2.62. The standard InChI is InChI=1S/C23H20ClN3O5/c24-16-9-5-13(6-10-16)12-25(21(28)17-3-1-2-4-18(17)27(31)32)26-22(29)19-14-7-8-15(11-14)20(19)23(26)30/h1-6,9-10,14-15,19-20H,7-8,11-12H2/t14-,15-,19+,20+/m0/s1. The molecular weight excluding hydrogens is 434 g/mol. The topological polar surface area (TPSA) is 101 Å². The van der Waals surface area contributed by atoms with Gasteiger partial charge in [0.15, 0.2) is 0 Å². The Morgan fingerprint density at radius 3 is 2.22 bits per heavy atom. The van der Waals surface area contributed by atoms with Crippen LogP contribution in [0.5, 0.6) is 0 Å². The van der Waals surface area contributed by atoms with Crippen molar-refractivity contribution in [2.24, 2.45) is 23.7 Å². The SMILES string of the molecule is O=C(c1ccccc1[N+](=O)[O-])N(Cc1ccc(Cl)cc1)N1C(=O)[C@@H]2[C@H]3CC[C@@H](C3)[C@H]2C1=O. The summed E-state index contributed by atoms with van der Waals surface area (Å²) in [4.78, 5) is 51.2. The summed E-state index contributed by atoms with van der Waals surface area (Å²) in [6, 6.07) is 12.2. The van der Waals surface area contributed by atoms with Gasteiger partial charge in [-0.05, 0) is 54.9 Å². The van der Waals surface area contributed by atoms with Crippen LogP contribution in [0.1, 0.15) is 35.2 Å². The molecule has 32 heavy (non-hydrogen) atoms. The molecule has 0 radical (unpaired) electrons. The molecule has 3 fully saturated rings. The van der Waals surface area contributed by atoms with Crippen LogP contribution in [0.4, 0.5) is 5.69 Å². The number of nitrogens with zero attached hydrogens (tertiary/aromatic N) is 3. The molecule has 2 saturated carbocycles. The van der Waals surface area contributed by atoms with Gasteiger partial charge in [-0.1, -0.05) is 35.9 Å². The fourth-order valence-electron chi connectivity index (χ4n) is 5.58. The summed E-state index contributed by atoms with van der Waals surface area (Å²) in [6.07, 6.45) is 2.69. The molecule has 1 saturated heterocycles. The number of carbonyl (C=O) groups is 3. The molecule has 0 N–H and O–H groups in total. The summed E-state index contributed by atoms with van der Waals surface area (Å²) in [7, 11) is 0. The van der Waals surface area contributed by atoms with Gasteiger partial charge in [0.2, 0.25) is 0 Å². The fraction of sp³-hybridized carbons (Fsp3) is 0.348. The van der Waals surface area contributed by atoms with Crippen molar-refractivity contribution < 1.29 is 19.3 Å². The molecule has 3 amide bonds. The van der Waals surface area contributed by atoms with E-state index in [1.807, 2.05) is 0 Å². The van der Waals surface area contributed by atoms with Gasteiger partial charge in [0.05, 0.1) is 23.3 Å². The molecule has 4 atom stereocenters. The van der Waals surface area contributed by atoms with E-state index in [9.17, 15) is 24.5 Å². The minimum Gasteiger partial charge on any atom is -0.272 e. The van der Waals surface area contributed by atoms with Gasteiger partial charge < -0.3 is 0 Å². The number of amides is 3. The molecule has 3 aliphatic rings. The molecule has 2 aromatic rings. The normalized spacial score (nSPS) is 25.8. The summed E-state index contributed by atoms with van der Waals surface area (Å²) < 4.78 is 0. The van der Waals surface area contributed by atoms with Gasteiger partial charge in [-0.25, -0.2) is 5.01 Å². The highest BCUT2D eigenvalue weighted by molar-refractivity contribution is 6.30. The Morgan fingerprint density at radius 1 is 1.03 bits per heavy atom. The molecule has 0 spiro atoms. The highest BCUT2D eigenvalue weighted by Crippen LogP contribution is 2.56. The van der Waals surface area contributed by atoms with Gasteiger partial charge in [0, 0.05) is 11.1 Å². The average molecular weight is 454 g/mol. The zero-order chi connectivity index (χ0) is 22.6. The Bertz CT molecular complexity index is 1110. The third-order valence-corrected chi connectivity index (χ3v) is 7.21. The maximum atomic E-state index is 13.6. The van der Waals surface area contributed by atoms with E-state index >= 15 is 0 Å². The van der Waals surface area contributed by atoms with Crippen LogP contribution in [0.15, 0.2) is 48.5 Å². The summed E-state index contributed by atoms with van der Waals surface area (Å²) in [5.74, 6) is -2.03. The number of hydrogen-bond donors (Lipinski definition) is 0. The van der Waals surface area contributed by atoms with E-state index in [4.69, 9.17) is 11.6 Å². The number of hydrogen-bond acceptors (Lipinski definition) is 5. The van der Waals surface area contributed by atoms with Crippen molar-refractivity contribution in [1.82, 2.24) is 10.0 Å². The van der Waals surface area contributed by atoms with Crippen molar-refractivity contribution in [3.63, 3.8) is 0 Å². The molecule has 2 aliphatic carbocycles. The molecule has 9 heteroatoms. The van der Waals surface area contributed by atoms with E-state index in [2.05, 4.69) is 0 Å². The Hall–Kier alpha value is -3.26. The third kappa shape index (κ3) is 3.17. The van der Waals surface area contributed by atoms with Crippen molar-refractivity contribution >= 4 is 35.0 Å². The molecule has 1 heterocycles. The summed E-state index contributed by atoms with van der Waals surface area (Å²) in [6.45, 7) is -0.0890. The number of rotatable bonds is 5. The molecule has 5 rings (SSSR count). The van der Waals surface area contributed by atoms with Crippen LogP contribution in [-0.4, -0.2) is 32.7 Å². The van der Waals surface area contributed by atoms with E-state index in [-0.39, 0.29) is 41.4 Å². The molecule has 164 valence electrons. The maximum Gasteiger partial charge on any atom is 0.282 e. The summed E-state index contributed by atoms with van der Waals surface area (Å²) in [5, 5.41) is 14.0. The fourth-order valence-corrected chi connectivity index (χ4v) is 5.71. The monoisotopic (exact) mass is 453 g/mol. The van der Waals surface area contributed by atoms with Crippen LogP contribution in [-0.2, 0) is 16.1 Å². The maximum absolute atomic E-state index is 13.6. The lowest BCUT2D eigenvalue weighted by molar-refractivity contribution is -0.385. The van der Waals surface area contributed by atoms with Gasteiger partial charge in [0.1, 0.15) is 5.56 Å². The van der Waals surface area contributed by atoms with Crippen LogP contribution in [0, 0.1) is 33.8 Å². The number of fused-ring (bicyclic) bond motifs is 5. The second kappa shape index (κ2) is 7.70. The van der Waals surface area contributed by atoms with Crippen molar-refractivity contribution in [3.05, 3.63) is 74.8 Å². The van der Waals surface area contributed by atoms with E-state index in [1.165, 1.54) is 24.3 Å². The van der Waals surface area contributed by atoms with Gasteiger partial charge >= 0.3 is 0 Å². The first kappa shape index (κ1) is 20.6. The first-order valence-electron chi connectivity index (χ1n) is 10.5. The first-order chi connectivity index (χ1) is 15.4. The minimum absolute atomic E-state index is 0.0890. The van der Waals surface area contributed by atoms with Crippen molar-refractivity contribution in [2.75, 3.05) is 0 Å². The van der Waals surface area contributed by atoms with E-state index in [0.29, 0.717) is 10.6 Å². The molecule has 2 aromatic carbocycles. The number of para-hydroxylation sites is 1. The Kier molecular flexibility index (Phi) is 4.97. The second-order valence-corrected chi connectivity index (χ2v) is 9.07. The van der Waals surface area contributed by atoms with Crippen molar-refractivity contribution in [3.8, 4) is 0 Å². The molecule has 1 aliphatic heterocycles. The van der Waals surface area contributed by atoms with E-state index < -0.39 is 22.7 Å². The number of nitro groups is 1. The second-order valence-electron chi connectivity index (χ2n) is 8.64. The smallest absolute Gasteiger partial charge is 0.272 e. The molecular formula is C23H20ClN3O5. The van der Waals surface area contributed by atoms with E-state index in [0.717, 1.165) is 29.3 Å². The van der Waals surface area contributed by atoms with E-state index in [1.54, 1.807) is 24.3 Å². The number of carbonyl (C=O) groups excluding carboxylic acids is 3. The molecule has 0 aromatic heterocycles. The Labute approximate surface area is 188 Å². The summed E-state index contributed by atoms with van der Waals surface area (Å²) >= 11 is 5.97. The van der Waals surface area contributed by atoms with Gasteiger partial charge in [-0.3, -0.25) is 24.5 Å². The van der Waals surface area contributed by atoms with Gasteiger partial charge in [-0.15, -0.1) is 0 Å². The third-order valence-electron chi connectivity index (χ3n) is 6.96. The zero-order valence-electron chi connectivity index (χ0n) is 17.0. The Balaban J connectivity index is 1.55. The van der Waals surface area contributed by atoms with Gasteiger partial charge in [0.25, 0.3) is 23.4 Å². The number of imide groups is 1. The predicted octanol–water partition coefficient (Wildman–Crippen LogP) is 3.84. The van der Waals surface area contributed by atoms with Crippen LogP contribution in [0.25, 0.3) is 0 Å². The minimum atomic E-state index is -0.763. The zero-order valence-corrected chi connectivity index (χ0v) is 17.8. The van der Waals surface area contributed by atoms with Crippen LogP contribution >= 0.6 is 11.6 Å². The van der Waals surface area contributed by atoms with Gasteiger partial charge in [-0.2, -0.15) is 5.01 Å². The van der Waals surface area contributed by atoms with Crippen molar-refractivity contribution in [1.29, 1.82) is 0 Å². The highest BCUT2D eigenvalue weighted by atomic mass is 35.5. The molecule has 2 bridgehead atoms. The number of benzene rings is 2. The van der Waals surface area contributed by atoms with Crippen LogP contribution in [0.3, 0.4) is 0 Å². The Morgan fingerprint density at radius 2 is 1.62 bits per heavy atom. The van der Waals surface area contributed by atoms with Crippen molar-refractivity contribution in [2.45, 2.75) is 25.8 Å². The predicted molar refractivity (Wildman–Crippen MR) is 114 cm³/mol. The molecule has 8 nitrogen and oxygen atoms in total. The molecule has 0 unspecified atom stereocenters. The average Bonchev–Trinajstić information content (AvgIpc) is 3.47. The summed E-state index contributed by atoms with van der Waals surface area (Å²) in [5.41, 5.74) is 0.0898.